The highest BCUT2D eigenvalue weighted by Crippen LogP contribution is 2.27. The fourth-order valence-corrected chi connectivity index (χ4v) is 2.00. The molecule has 1 atom stereocenters. The first-order valence-corrected chi connectivity index (χ1v) is 7.36. The summed E-state index contributed by atoms with van der Waals surface area (Å²) in [5, 5.41) is 0. The maximum absolute atomic E-state index is 12.3. The predicted octanol–water partition coefficient (Wildman–Crippen LogP) is 4.38. The summed E-state index contributed by atoms with van der Waals surface area (Å²) in [6.45, 7) is 9.46. The molecule has 0 aliphatic heterocycles. The van der Waals surface area contributed by atoms with E-state index in [0.717, 1.165) is 5.56 Å². The van der Waals surface area contributed by atoms with Crippen LogP contribution in [0.5, 0.6) is 0 Å². The first kappa shape index (κ1) is 18.3. The molecule has 0 saturated heterocycles. The maximum atomic E-state index is 12.3. The Morgan fingerprint density at radius 2 is 2.15 bits per heavy atom. The average Bonchev–Trinajstić information content (AvgIpc) is 2.47. The van der Waals surface area contributed by atoms with Gasteiger partial charge in [0.25, 0.3) is 0 Å². The van der Waals surface area contributed by atoms with E-state index >= 15 is 0 Å². The number of hydrogen-bond acceptors (Lipinski definition) is 3. The van der Waals surface area contributed by atoms with E-state index in [9.17, 15) is 4.79 Å². The highest BCUT2D eigenvalue weighted by Gasteiger charge is 2.19. The molecule has 108 valence electrons. The Balaban J connectivity index is 0.00000172. The first-order valence-electron chi connectivity index (χ1n) is 6.45. The molecule has 0 radical (unpaired) electrons. The number of carbonyl (C=O) groups is 1. The molecule has 0 bridgehead atoms. The van der Waals surface area contributed by atoms with Gasteiger partial charge < -0.3 is 5.73 Å². The van der Waals surface area contributed by atoms with Gasteiger partial charge in [-0.15, -0.1) is 0 Å². The van der Waals surface area contributed by atoms with Crippen LogP contribution in [-0.4, -0.2) is 10.8 Å². The number of rotatable bonds is 5. The minimum Gasteiger partial charge on any atom is -0.384 e. The summed E-state index contributed by atoms with van der Waals surface area (Å²) in [4.78, 5) is 15.7. The van der Waals surface area contributed by atoms with E-state index in [2.05, 4.69) is 27.5 Å². The predicted molar refractivity (Wildman–Crippen MR) is 89.8 cm³/mol. The minimum absolute atomic E-state index is 0.0430. The van der Waals surface area contributed by atoms with E-state index in [-0.39, 0.29) is 5.78 Å². The second kappa shape index (κ2) is 10.1. The Hall–Kier alpha value is -1.68. The van der Waals surface area contributed by atoms with E-state index in [4.69, 9.17) is 5.73 Å². The zero-order chi connectivity index (χ0) is 15.5. The van der Waals surface area contributed by atoms with Crippen LogP contribution >= 0.6 is 15.9 Å². The second-order valence-electron chi connectivity index (χ2n) is 3.60. The van der Waals surface area contributed by atoms with Crippen LogP contribution in [0.15, 0.2) is 54.8 Å². The monoisotopic (exact) mass is 336 g/mol. The van der Waals surface area contributed by atoms with Crippen molar-refractivity contribution in [1.29, 1.82) is 0 Å². The molecule has 0 fully saturated rings. The van der Waals surface area contributed by atoms with Gasteiger partial charge in [-0.1, -0.05) is 60.7 Å². The number of nitrogens with two attached hydrogens (primary N) is 1. The van der Waals surface area contributed by atoms with Crippen LogP contribution in [-0.2, 0) is 4.79 Å². The van der Waals surface area contributed by atoms with Gasteiger partial charge in [0.2, 0.25) is 0 Å². The van der Waals surface area contributed by atoms with Gasteiger partial charge in [-0.05, 0) is 24.6 Å². The Morgan fingerprint density at radius 1 is 1.50 bits per heavy atom. The summed E-state index contributed by atoms with van der Waals surface area (Å²) in [5.74, 6) is 0.351. The van der Waals surface area contributed by atoms with Crippen LogP contribution in [0.4, 0.5) is 5.82 Å². The molecule has 3 nitrogen and oxygen atoms in total. The molecule has 1 unspecified atom stereocenters. The van der Waals surface area contributed by atoms with E-state index in [0.29, 0.717) is 11.4 Å². The summed E-state index contributed by atoms with van der Waals surface area (Å²) in [6, 6.07) is 3.44. The van der Waals surface area contributed by atoms with Crippen molar-refractivity contribution in [3.8, 4) is 0 Å². The van der Waals surface area contributed by atoms with E-state index in [1.54, 1.807) is 36.6 Å². The molecule has 4 heteroatoms. The molecule has 2 N–H and O–H groups in total. The molecule has 0 aliphatic rings. The molecule has 20 heavy (non-hydrogen) atoms. The van der Waals surface area contributed by atoms with Crippen LogP contribution in [0.25, 0.3) is 0 Å². The van der Waals surface area contributed by atoms with Crippen molar-refractivity contribution < 1.29 is 4.79 Å². The van der Waals surface area contributed by atoms with Gasteiger partial charge in [0.05, 0.1) is 0 Å². The van der Waals surface area contributed by atoms with Crippen LogP contribution in [0, 0.1) is 0 Å². The van der Waals surface area contributed by atoms with Crippen molar-refractivity contribution in [2.24, 2.45) is 0 Å². The number of aromatic nitrogens is 1. The molecular formula is C16H21BrN2O. The lowest BCUT2D eigenvalue weighted by atomic mass is 10.0. The normalized spacial score (nSPS) is 12.5. The quantitative estimate of drug-likeness (QED) is 0.493. The SMILES string of the molecule is C=C/C=C(\C=C/C)C(=O)C(Br)c1ccnc(N)c1.CC. The lowest BCUT2D eigenvalue weighted by Crippen LogP contribution is -2.09. The lowest BCUT2D eigenvalue weighted by Gasteiger charge is -2.10. The number of carbonyl (C=O) groups excluding carboxylic acids is 1. The molecule has 0 saturated carbocycles. The number of ketones is 1. The fraction of sp³-hybridized carbons (Fsp3) is 0.250. The molecule has 0 aliphatic carbocycles. The van der Waals surface area contributed by atoms with Crippen molar-refractivity contribution in [2.45, 2.75) is 25.6 Å². The van der Waals surface area contributed by atoms with Gasteiger partial charge in [-0.25, -0.2) is 4.98 Å². The first-order chi connectivity index (χ1) is 9.60. The standard InChI is InChI=1S/C14H15BrN2O.C2H6/c1-3-5-10(6-4-2)14(18)13(15)11-7-8-17-12(16)9-11;1-2/h3-9,13H,1H2,2H3,(H2,16,17);1-2H3/b6-4-,10-5+;. The van der Waals surface area contributed by atoms with Crippen LogP contribution in [0.3, 0.4) is 0 Å². The van der Waals surface area contributed by atoms with E-state index < -0.39 is 4.83 Å². The largest absolute Gasteiger partial charge is 0.384 e. The Bertz CT molecular complexity index is 507. The van der Waals surface area contributed by atoms with Gasteiger partial charge in [-0.2, -0.15) is 0 Å². The molecule has 0 amide bonds. The van der Waals surface area contributed by atoms with Gasteiger partial charge in [0, 0.05) is 11.8 Å². The fourth-order valence-electron chi connectivity index (χ4n) is 1.45. The van der Waals surface area contributed by atoms with Crippen LogP contribution in [0.1, 0.15) is 31.2 Å². The highest BCUT2D eigenvalue weighted by atomic mass is 79.9. The summed E-state index contributed by atoms with van der Waals surface area (Å²) >= 11 is 3.38. The summed E-state index contributed by atoms with van der Waals surface area (Å²) < 4.78 is 0. The summed E-state index contributed by atoms with van der Waals surface area (Å²) in [5.41, 5.74) is 6.97. The summed E-state index contributed by atoms with van der Waals surface area (Å²) in [7, 11) is 0. The number of Topliss-reactive ketones (excluding diaryl/α,β-unsaturated/α-hetero) is 1. The van der Waals surface area contributed by atoms with Crippen molar-refractivity contribution >= 4 is 27.5 Å². The lowest BCUT2D eigenvalue weighted by molar-refractivity contribution is -0.114. The third-order valence-corrected chi connectivity index (χ3v) is 3.20. The number of hydrogen-bond donors (Lipinski definition) is 1. The minimum atomic E-state index is -0.440. The van der Waals surface area contributed by atoms with Gasteiger partial charge in [0.1, 0.15) is 10.6 Å². The molecular weight excluding hydrogens is 316 g/mol. The number of nitrogens with zero attached hydrogens (tertiary/aromatic N) is 1. The van der Waals surface area contributed by atoms with Crippen molar-refractivity contribution in [1.82, 2.24) is 4.98 Å². The van der Waals surface area contributed by atoms with Gasteiger partial charge >= 0.3 is 0 Å². The molecule has 0 aromatic carbocycles. The number of allylic oxidation sites excluding steroid dienone is 5. The topological polar surface area (TPSA) is 56.0 Å². The molecule has 1 aromatic rings. The van der Waals surface area contributed by atoms with Crippen molar-refractivity contribution in [3.05, 3.63) is 60.3 Å². The number of halogens is 1. The summed E-state index contributed by atoms with van der Waals surface area (Å²) in [6.07, 6.45) is 8.42. The molecule has 0 spiro atoms. The highest BCUT2D eigenvalue weighted by molar-refractivity contribution is 9.09. The van der Waals surface area contributed by atoms with Gasteiger partial charge in [-0.3, -0.25) is 4.79 Å². The Labute approximate surface area is 129 Å². The second-order valence-corrected chi connectivity index (χ2v) is 4.51. The van der Waals surface area contributed by atoms with Crippen LogP contribution in [0.2, 0.25) is 0 Å². The molecule has 1 rings (SSSR count). The molecule has 1 aromatic heterocycles. The van der Waals surface area contributed by atoms with Gasteiger partial charge in [0.15, 0.2) is 5.78 Å². The van der Waals surface area contributed by atoms with E-state index in [1.165, 1.54) is 0 Å². The zero-order valence-corrected chi connectivity index (χ0v) is 13.7. The number of pyridine rings is 1. The Kier molecular flexibility index (Phi) is 9.30. The smallest absolute Gasteiger partial charge is 0.180 e. The molecule has 1 heterocycles. The van der Waals surface area contributed by atoms with Crippen LogP contribution < -0.4 is 5.73 Å². The number of alkyl halides is 1. The maximum Gasteiger partial charge on any atom is 0.180 e. The zero-order valence-electron chi connectivity index (χ0n) is 12.1. The third kappa shape index (κ3) is 5.53. The number of nitrogen functional groups attached to an aromatic ring is 1. The van der Waals surface area contributed by atoms with E-state index in [1.807, 2.05) is 26.8 Å². The average molecular weight is 337 g/mol. The third-order valence-electron chi connectivity index (χ3n) is 2.26. The van der Waals surface area contributed by atoms with Crippen molar-refractivity contribution in [2.75, 3.05) is 5.73 Å². The Morgan fingerprint density at radius 3 is 2.65 bits per heavy atom. The number of anilines is 1. The van der Waals surface area contributed by atoms with Crippen molar-refractivity contribution in [3.63, 3.8) is 0 Å².